The highest BCUT2D eigenvalue weighted by Crippen LogP contribution is 2.24. The van der Waals surface area contributed by atoms with Crippen molar-refractivity contribution in [3.63, 3.8) is 0 Å². The van der Waals surface area contributed by atoms with E-state index in [1.165, 1.54) is 37.0 Å². The second kappa shape index (κ2) is 8.34. The largest absolute Gasteiger partial charge is 0.354 e. The number of rotatable bonds is 4. The molecule has 0 spiro atoms. The van der Waals surface area contributed by atoms with Crippen molar-refractivity contribution in [2.75, 3.05) is 25.3 Å². The lowest BCUT2D eigenvalue weighted by atomic mass is 10.0. The lowest BCUT2D eigenvalue weighted by Crippen LogP contribution is -2.07. The summed E-state index contributed by atoms with van der Waals surface area (Å²) >= 11 is 3.05. The van der Waals surface area contributed by atoms with Gasteiger partial charge < -0.3 is 4.90 Å². The molecule has 2 aromatic rings. The van der Waals surface area contributed by atoms with E-state index in [-0.39, 0.29) is 5.78 Å². The molecule has 1 aliphatic rings. The van der Waals surface area contributed by atoms with Gasteiger partial charge in [-0.2, -0.15) is 0 Å². The summed E-state index contributed by atoms with van der Waals surface area (Å²) in [5.41, 5.74) is 0.718. The Morgan fingerprint density at radius 2 is 1.91 bits per heavy atom. The quantitative estimate of drug-likeness (QED) is 0.598. The SMILES string of the molecule is C1CCC1.CSc1cccc(C(=O)c2cnc(N(C)C)s2)c1. The average molecular weight is 335 g/mol. The van der Waals surface area contributed by atoms with Gasteiger partial charge in [-0.05, 0) is 18.4 Å². The van der Waals surface area contributed by atoms with Crippen molar-refractivity contribution in [2.45, 2.75) is 30.6 Å². The molecule has 1 heterocycles. The Hall–Kier alpha value is -1.33. The van der Waals surface area contributed by atoms with Crippen LogP contribution in [0, 0.1) is 0 Å². The van der Waals surface area contributed by atoms with E-state index in [0.29, 0.717) is 4.88 Å². The van der Waals surface area contributed by atoms with Crippen LogP contribution < -0.4 is 4.90 Å². The first kappa shape index (κ1) is 17.0. The number of hydrogen-bond acceptors (Lipinski definition) is 5. The molecule has 118 valence electrons. The van der Waals surface area contributed by atoms with Crippen molar-refractivity contribution in [3.8, 4) is 0 Å². The van der Waals surface area contributed by atoms with Crippen LogP contribution in [0.25, 0.3) is 0 Å². The van der Waals surface area contributed by atoms with E-state index < -0.39 is 0 Å². The van der Waals surface area contributed by atoms with Gasteiger partial charge in [0.15, 0.2) is 5.13 Å². The predicted octanol–water partition coefficient (Wildman–Crippen LogP) is 4.72. The molecule has 1 fully saturated rings. The second-order valence-electron chi connectivity index (χ2n) is 5.38. The normalized spacial score (nSPS) is 12.9. The van der Waals surface area contributed by atoms with Crippen molar-refractivity contribution >= 4 is 34.0 Å². The third-order valence-corrected chi connectivity index (χ3v) is 5.32. The number of carbonyl (C=O) groups excluding carboxylic acids is 1. The van der Waals surface area contributed by atoms with E-state index in [2.05, 4.69) is 4.98 Å². The number of hydrogen-bond donors (Lipinski definition) is 0. The zero-order valence-electron chi connectivity index (χ0n) is 13.3. The van der Waals surface area contributed by atoms with Crippen LogP contribution in [0.2, 0.25) is 0 Å². The highest BCUT2D eigenvalue weighted by molar-refractivity contribution is 7.98. The first-order valence-electron chi connectivity index (χ1n) is 7.43. The van der Waals surface area contributed by atoms with Crippen molar-refractivity contribution in [2.24, 2.45) is 0 Å². The third-order valence-electron chi connectivity index (χ3n) is 3.43. The molecular weight excluding hydrogens is 312 g/mol. The molecule has 0 saturated heterocycles. The van der Waals surface area contributed by atoms with Gasteiger partial charge in [-0.3, -0.25) is 4.79 Å². The van der Waals surface area contributed by atoms with Crippen LogP contribution in [0.3, 0.4) is 0 Å². The van der Waals surface area contributed by atoms with Crippen molar-refractivity contribution < 1.29 is 4.79 Å². The summed E-state index contributed by atoms with van der Waals surface area (Å²) in [6.07, 6.45) is 9.65. The Morgan fingerprint density at radius 1 is 1.23 bits per heavy atom. The van der Waals surface area contributed by atoms with Crippen LogP contribution >= 0.6 is 23.1 Å². The van der Waals surface area contributed by atoms with Crippen LogP contribution in [-0.2, 0) is 0 Å². The molecule has 3 nitrogen and oxygen atoms in total. The monoisotopic (exact) mass is 334 g/mol. The fourth-order valence-corrected chi connectivity index (χ4v) is 2.99. The minimum Gasteiger partial charge on any atom is -0.354 e. The minimum atomic E-state index is 0.0384. The van der Waals surface area contributed by atoms with Crippen molar-refractivity contribution in [1.29, 1.82) is 0 Å². The molecule has 0 atom stereocenters. The smallest absolute Gasteiger partial charge is 0.204 e. The van der Waals surface area contributed by atoms with E-state index in [1.807, 2.05) is 49.5 Å². The molecule has 0 amide bonds. The van der Waals surface area contributed by atoms with Gasteiger partial charge in [0.2, 0.25) is 5.78 Å². The van der Waals surface area contributed by atoms with Gasteiger partial charge in [0.05, 0.1) is 11.1 Å². The van der Waals surface area contributed by atoms with E-state index >= 15 is 0 Å². The highest BCUT2D eigenvalue weighted by atomic mass is 32.2. The molecule has 1 aromatic heterocycles. The zero-order valence-corrected chi connectivity index (χ0v) is 15.0. The molecule has 5 heteroatoms. The third kappa shape index (κ3) is 4.58. The summed E-state index contributed by atoms with van der Waals surface area (Å²) in [7, 11) is 3.84. The fourth-order valence-electron chi connectivity index (χ4n) is 1.73. The van der Waals surface area contributed by atoms with Crippen molar-refractivity contribution in [3.05, 3.63) is 40.9 Å². The molecule has 1 aromatic carbocycles. The molecule has 0 unspecified atom stereocenters. The summed E-state index contributed by atoms with van der Waals surface area (Å²) in [5.74, 6) is 0.0384. The molecule has 0 N–H and O–H groups in total. The lowest BCUT2D eigenvalue weighted by Gasteiger charge is -2.05. The molecule has 0 aliphatic heterocycles. The lowest BCUT2D eigenvalue weighted by molar-refractivity contribution is 0.104. The number of benzene rings is 1. The molecular formula is C17H22N2OS2. The summed E-state index contributed by atoms with van der Waals surface area (Å²) in [5, 5.41) is 0.847. The Labute approximate surface area is 140 Å². The standard InChI is InChI=1S/C13H14N2OS2.C4H8/c1-15(2)13-14-8-11(18-13)12(16)9-5-4-6-10(7-9)17-3;1-2-4-3-1/h4-8H,1-3H3;1-4H2. The van der Waals surface area contributed by atoms with Gasteiger partial charge in [-0.15, -0.1) is 11.8 Å². The number of thioether (sulfide) groups is 1. The summed E-state index contributed by atoms with van der Waals surface area (Å²) in [6.45, 7) is 0. The van der Waals surface area contributed by atoms with Gasteiger partial charge in [0.25, 0.3) is 0 Å². The van der Waals surface area contributed by atoms with Crippen LogP contribution in [0.15, 0.2) is 35.4 Å². The minimum absolute atomic E-state index is 0.0384. The van der Waals surface area contributed by atoms with Crippen molar-refractivity contribution in [1.82, 2.24) is 4.98 Å². The first-order chi connectivity index (χ1) is 10.6. The first-order valence-corrected chi connectivity index (χ1v) is 9.48. The Bertz CT molecular complexity index is 615. The number of anilines is 1. The maximum absolute atomic E-state index is 12.3. The van der Waals surface area contributed by atoms with Gasteiger partial charge >= 0.3 is 0 Å². The Balaban J connectivity index is 0.000000381. The van der Waals surface area contributed by atoms with E-state index in [0.717, 1.165) is 15.6 Å². The Kier molecular flexibility index (Phi) is 6.46. The van der Waals surface area contributed by atoms with E-state index in [4.69, 9.17) is 0 Å². The number of aromatic nitrogens is 1. The summed E-state index contributed by atoms with van der Waals surface area (Å²) < 4.78 is 0. The van der Waals surface area contributed by atoms with Crippen LogP contribution in [-0.4, -0.2) is 31.1 Å². The zero-order chi connectivity index (χ0) is 15.9. The topological polar surface area (TPSA) is 33.2 Å². The Morgan fingerprint density at radius 3 is 2.41 bits per heavy atom. The second-order valence-corrected chi connectivity index (χ2v) is 7.27. The number of ketones is 1. The highest BCUT2D eigenvalue weighted by Gasteiger charge is 2.14. The van der Waals surface area contributed by atoms with Gasteiger partial charge in [-0.25, -0.2) is 4.98 Å². The van der Waals surface area contributed by atoms with Gasteiger partial charge in [-0.1, -0.05) is 49.2 Å². The van der Waals surface area contributed by atoms with Gasteiger partial charge in [0, 0.05) is 24.6 Å². The van der Waals surface area contributed by atoms with Crippen LogP contribution in [0.5, 0.6) is 0 Å². The fraction of sp³-hybridized carbons (Fsp3) is 0.412. The maximum Gasteiger partial charge on any atom is 0.204 e. The molecule has 1 aliphatic carbocycles. The summed E-state index contributed by atoms with van der Waals surface area (Å²) in [4.78, 5) is 20.2. The van der Waals surface area contributed by atoms with Gasteiger partial charge in [0.1, 0.15) is 0 Å². The van der Waals surface area contributed by atoms with Crippen LogP contribution in [0.1, 0.15) is 40.9 Å². The van der Waals surface area contributed by atoms with E-state index in [1.54, 1.807) is 18.0 Å². The maximum atomic E-state index is 12.3. The number of carbonyl (C=O) groups is 1. The molecule has 0 bridgehead atoms. The number of nitrogens with zero attached hydrogens (tertiary/aromatic N) is 2. The molecule has 3 rings (SSSR count). The predicted molar refractivity (Wildman–Crippen MR) is 96.6 cm³/mol. The summed E-state index contributed by atoms with van der Waals surface area (Å²) in [6, 6.07) is 7.67. The molecule has 0 radical (unpaired) electrons. The van der Waals surface area contributed by atoms with E-state index in [9.17, 15) is 4.79 Å². The number of thiazole rings is 1. The van der Waals surface area contributed by atoms with Crippen LogP contribution in [0.4, 0.5) is 5.13 Å². The molecule has 1 saturated carbocycles. The molecule has 22 heavy (non-hydrogen) atoms. The average Bonchev–Trinajstić information content (AvgIpc) is 2.95.